The van der Waals surface area contributed by atoms with Crippen LogP contribution in [0.25, 0.3) is 0 Å². The van der Waals surface area contributed by atoms with E-state index in [0.29, 0.717) is 0 Å². The highest BCUT2D eigenvalue weighted by molar-refractivity contribution is 5.79. The van der Waals surface area contributed by atoms with Gasteiger partial charge < -0.3 is 28.4 Å². The van der Waals surface area contributed by atoms with Crippen LogP contribution in [0.3, 0.4) is 0 Å². The minimum absolute atomic E-state index is 0.00726. The molecule has 0 unspecified atom stereocenters. The average Bonchev–Trinajstić information content (AvgIpc) is 3.32. The molecule has 3 aliphatic heterocycles. The van der Waals surface area contributed by atoms with E-state index in [1.165, 1.54) is 20.0 Å². The molecule has 5 rings (SSSR count). The van der Waals surface area contributed by atoms with Gasteiger partial charge in [-0.3, -0.25) is 4.99 Å². The van der Waals surface area contributed by atoms with Crippen LogP contribution in [-0.4, -0.2) is 67.6 Å². The largest absolute Gasteiger partial charge is 0.467 e. The number of hydrogen-bond donors (Lipinski definition) is 0. The minimum atomic E-state index is -0.587. The van der Waals surface area contributed by atoms with E-state index in [1.54, 1.807) is 6.21 Å². The van der Waals surface area contributed by atoms with Crippen LogP contribution in [0.1, 0.15) is 78.1 Å². The summed E-state index contributed by atoms with van der Waals surface area (Å²) in [6.07, 6.45) is 10.1. The van der Waals surface area contributed by atoms with Gasteiger partial charge in [0.25, 0.3) is 0 Å². The zero-order valence-corrected chi connectivity index (χ0v) is 19.5. The Labute approximate surface area is 190 Å². The quantitative estimate of drug-likeness (QED) is 0.478. The van der Waals surface area contributed by atoms with Crippen LogP contribution in [0, 0.1) is 5.92 Å². The smallest absolute Gasteiger partial charge is 0.330 e. The number of aliphatic imine (C=N–C) groups is 1. The molecule has 0 aromatic rings. The fourth-order valence-electron chi connectivity index (χ4n) is 5.91. The predicted molar refractivity (Wildman–Crippen MR) is 115 cm³/mol. The molecule has 0 amide bonds. The summed E-state index contributed by atoms with van der Waals surface area (Å²) < 4.78 is 37.5. The molecule has 2 saturated carbocycles. The summed E-state index contributed by atoms with van der Waals surface area (Å²) in [5.41, 5.74) is 0. The van der Waals surface area contributed by atoms with E-state index in [1.807, 2.05) is 13.8 Å². The van der Waals surface area contributed by atoms with E-state index in [9.17, 15) is 4.79 Å². The lowest BCUT2D eigenvalue weighted by Gasteiger charge is -2.35. The maximum Gasteiger partial charge on any atom is 0.330 e. The van der Waals surface area contributed by atoms with E-state index in [2.05, 4.69) is 4.99 Å². The zero-order chi connectivity index (χ0) is 22.3. The molecule has 5 fully saturated rings. The van der Waals surface area contributed by atoms with Gasteiger partial charge >= 0.3 is 5.97 Å². The standard InChI is InChI=1S/C24H37NO7/c1-15(2)17(21(26)27-3)25-14-16-18-19(30-23(29-18)10-6-4-7-11-23)20-22(28-16)32-24(31-20)12-8-5-9-13-24/h14-20,22H,4-13H2,1-3H3/t16-,17+,18+,19+,20-,22-/m1/s1. The van der Waals surface area contributed by atoms with Crippen molar-refractivity contribution < 1.29 is 33.2 Å². The van der Waals surface area contributed by atoms with Crippen LogP contribution >= 0.6 is 0 Å². The molecule has 3 heterocycles. The Morgan fingerprint density at radius 2 is 1.44 bits per heavy atom. The van der Waals surface area contributed by atoms with Crippen LogP contribution < -0.4 is 0 Å². The second-order valence-corrected chi connectivity index (χ2v) is 10.3. The lowest BCUT2D eigenvalue weighted by atomic mass is 9.94. The van der Waals surface area contributed by atoms with E-state index in [0.717, 1.165) is 51.4 Å². The highest BCUT2D eigenvalue weighted by atomic mass is 16.9. The van der Waals surface area contributed by atoms with Crippen molar-refractivity contribution in [3.8, 4) is 0 Å². The van der Waals surface area contributed by atoms with Gasteiger partial charge in [-0.25, -0.2) is 4.79 Å². The molecule has 0 radical (unpaired) electrons. The number of carbonyl (C=O) groups excluding carboxylic acids is 1. The predicted octanol–water partition coefficient (Wildman–Crippen LogP) is 3.50. The first-order chi connectivity index (χ1) is 15.4. The SMILES string of the molecule is COC(=O)[C@@H](N=C[C@H]1O[C@@H]2OC3(CCCCC3)O[C@@H]2[C@H]2OC3(CCCCC3)O[C@H]21)C(C)C. The van der Waals surface area contributed by atoms with E-state index in [-0.39, 0.29) is 30.2 Å². The van der Waals surface area contributed by atoms with Crippen LogP contribution in [0.5, 0.6) is 0 Å². The van der Waals surface area contributed by atoms with Gasteiger partial charge in [0.15, 0.2) is 17.9 Å². The third kappa shape index (κ3) is 4.13. The number of methoxy groups -OCH3 is 1. The Morgan fingerprint density at radius 3 is 2.03 bits per heavy atom. The van der Waals surface area contributed by atoms with Crippen molar-refractivity contribution in [2.75, 3.05) is 7.11 Å². The van der Waals surface area contributed by atoms with Crippen LogP contribution in [0.15, 0.2) is 4.99 Å². The fourth-order valence-corrected chi connectivity index (χ4v) is 5.91. The van der Waals surface area contributed by atoms with Gasteiger partial charge in [0.2, 0.25) is 0 Å². The summed E-state index contributed by atoms with van der Waals surface area (Å²) in [5.74, 6) is -1.51. The van der Waals surface area contributed by atoms with Gasteiger partial charge in [-0.2, -0.15) is 0 Å². The maximum atomic E-state index is 12.2. The van der Waals surface area contributed by atoms with Crippen molar-refractivity contribution in [1.29, 1.82) is 0 Å². The first-order valence-electron chi connectivity index (χ1n) is 12.4. The van der Waals surface area contributed by atoms with Crippen LogP contribution in [0.2, 0.25) is 0 Å². The number of rotatable bonds is 4. The summed E-state index contributed by atoms with van der Waals surface area (Å²) in [6, 6.07) is -0.587. The molecule has 5 aliphatic rings. The zero-order valence-electron chi connectivity index (χ0n) is 19.5. The molecule has 0 aromatic heterocycles. The molecule has 2 aliphatic carbocycles. The highest BCUT2D eigenvalue weighted by Gasteiger charge is 2.63. The van der Waals surface area contributed by atoms with Crippen molar-refractivity contribution in [3.63, 3.8) is 0 Å². The Kier molecular flexibility index (Phi) is 6.35. The summed E-state index contributed by atoms with van der Waals surface area (Å²) in [7, 11) is 1.39. The molecule has 2 spiro atoms. The number of fused-ring (bicyclic) bond motifs is 3. The Hall–Kier alpha value is -1.06. The Morgan fingerprint density at radius 1 is 0.875 bits per heavy atom. The maximum absolute atomic E-state index is 12.2. The third-order valence-corrected chi connectivity index (χ3v) is 7.61. The monoisotopic (exact) mass is 451 g/mol. The van der Waals surface area contributed by atoms with E-state index in [4.69, 9.17) is 28.4 Å². The molecular weight excluding hydrogens is 414 g/mol. The van der Waals surface area contributed by atoms with Crippen molar-refractivity contribution in [1.82, 2.24) is 0 Å². The van der Waals surface area contributed by atoms with Crippen LogP contribution in [0.4, 0.5) is 0 Å². The molecule has 0 bridgehead atoms. The molecule has 6 atom stereocenters. The van der Waals surface area contributed by atoms with Crippen molar-refractivity contribution >= 4 is 12.2 Å². The highest BCUT2D eigenvalue weighted by Crippen LogP contribution is 2.50. The first-order valence-corrected chi connectivity index (χ1v) is 12.4. The van der Waals surface area contributed by atoms with Gasteiger partial charge in [0, 0.05) is 31.9 Å². The van der Waals surface area contributed by atoms with Gasteiger partial charge in [-0.15, -0.1) is 0 Å². The van der Waals surface area contributed by atoms with Gasteiger partial charge in [0.1, 0.15) is 30.5 Å². The van der Waals surface area contributed by atoms with Crippen molar-refractivity contribution in [2.45, 2.75) is 126 Å². The lowest BCUT2D eigenvalue weighted by molar-refractivity contribution is -0.240. The number of carbonyl (C=O) groups is 1. The fraction of sp³-hybridized carbons (Fsp3) is 0.917. The summed E-state index contributed by atoms with van der Waals surface area (Å²) >= 11 is 0. The number of ether oxygens (including phenoxy) is 6. The first kappa shape index (κ1) is 22.7. The molecule has 32 heavy (non-hydrogen) atoms. The average molecular weight is 452 g/mol. The van der Waals surface area contributed by atoms with E-state index >= 15 is 0 Å². The van der Waals surface area contributed by atoms with Gasteiger partial charge in [0.05, 0.1) is 7.11 Å². The second kappa shape index (κ2) is 8.95. The van der Waals surface area contributed by atoms with E-state index < -0.39 is 30.0 Å². The summed E-state index contributed by atoms with van der Waals surface area (Å²) in [4.78, 5) is 16.8. The molecule has 3 saturated heterocycles. The van der Waals surface area contributed by atoms with Crippen molar-refractivity contribution in [2.24, 2.45) is 10.9 Å². The van der Waals surface area contributed by atoms with Gasteiger partial charge in [-0.1, -0.05) is 26.7 Å². The molecule has 0 N–H and O–H groups in total. The number of nitrogens with zero attached hydrogens (tertiary/aromatic N) is 1. The Bertz CT molecular complexity index is 713. The number of esters is 1. The lowest BCUT2D eigenvalue weighted by Crippen LogP contribution is -2.55. The normalized spacial score (nSPS) is 38.8. The Balaban J connectivity index is 1.40. The molecule has 0 aromatic carbocycles. The third-order valence-electron chi connectivity index (χ3n) is 7.61. The second-order valence-electron chi connectivity index (χ2n) is 10.3. The van der Waals surface area contributed by atoms with Crippen molar-refractivity contribution in [3.05, 3.63) is 0 Å². The minimum Gasteiger partial charge on any atom is -0.467 e. The molecule has 180 valence electrons. The topological polar surface area (TPSA) is 84.8 Å². The molecule has 8 nitrogen and oxygen atoms in total. The molecule has 8 heteroatoms. The summed E-state index contributed by atoms with van der Waals surface area (Å²) in [6.45, 7) is 3.90. The number of hydrogen-bond acceptors (Lipinski definition) is 8. The molecular formula is C24H37NO7. The summed E-state index contributed by atoms with van der Waals surface area (Å²) in [5, 5.41) is 0. The van der Waals surface area contributed by atoms with Gasteiger partial charge in [-0.05, 0) is 31.6 Å². The van der Waals surface area contributed by atoms with Crippen LogP contribution in [-0.2, 0) is 33.2 Å².